The Hall–Kier alpha value is -0.740. The van der Waals surface area contributed by atoms with Crippen molar-refractivity contribution in [3.63, 3.8) is 0 Å². The van der Waals surface area contributed by atoms with Crippen LogP contribution in [0.25, 0.3) is 0 Å². The summed E-state index contributed by atoms with van der Waals surface area (Å²) in [7, 11) is 0. The monoisotopic (exact) mass is 152 g/mol. The molecule has 0 atom stereocenters. The van der Waals surface area contributed by atoms with E-state index in [2.05, 4.69) is 12.0 Å². The van der Waals surface area contributed by atoms with Crippen molar-refractivity contribution in [2.24, 2.45) is 0 Å². The highest BCUT2D eigenvalue weighted by molar-refractivity contribution is 4.85. The Balaban J connectivity index is 2.96. The number of unbranched alkanes of at least 4 members (excludes halogenated alkanes) is 3. The standard InChI is InChI=1S/C10H16O/c1-2-3-4-5-6-7-8-9-10-11/h1,7-8,11H,3-6,9-10H2/b8-7+. The van der Waals surface area contributed by atoms with Gasteiger partial charge in [0.2, 0.25) is 0 Å². The molecule has 0 aromatic rings. The van der Waals surface area contributed by atoms with E-state index in [1.54, 1.807) is 0 Å². The number of aliphatic hydroxyl groups excluding tert-OH is 1. The quantitative estimate of drug-likeness (QED) is 0.351. The summed E-state index contributed by atoms with van der Waals surface area (Å²) in [6.45, 7) is 0.251. The molecule has 11 heavy (non-hydrogen) atoms. The van der Waals surface area contributed by atoms with Crippen LogP contribution in [0.3, 0.4) is 0 Å². The molecular formula is C10H16O. The molecule has 0 spiro atoms. The van der Waals surface area contributed by atoms with Gasteiger partial charge in [0.1, 0.15) is 0 Å². The Bertz CT molecular complexity index is 130. The first kappa shape index (κ1) is 10.3. The van der Waals surface area contributed by atoms with Crippen LogP contribution in [0.4, 0.5) is 0 Å². The first-order valence-corrected chi connectivity index (χ1v) is 4.11. The van der Waals surface area contributed by atoms with E-state index >= 15 is 0 Å². The van der Waals surface area contributed by atoms with Crippen molar-refractivity contribution in [2.75, 3.05) is 6.61 Å². The van der Waals surface area contributed by atoms with Gasteiger partial charge in [-0.15, -0.1) is 12.3 Å². The van der Waals surface area contributed by atoms with Gasteiger partial charge in [-0.3, -0.25) is 0 Å². The van der Waals surface area contributed by atoms with Crippen LogP contribution in [0.1, 0.15) is 32.1 Å². The lowest BCUT2D eigenvalue weighted by Crippen LogP contribution is -1.76. The predicted molar refractivity (Wildman–Crippen MR) is 48.1 cm³/mol. The van der Waals surface area contributed by atoms with Crippen LogP contribution in [-0.2, 0) is 0 Å². The first-order valence-electron chi connectivity index (χ1n) is 4.11. The van der Waals surface area contributed by atoms with Crippen LogP contribution in [-0.4, -0.2) is 11.7 Å². The molecule has 0 heterocycles. The SMILES string of the molecule is C#CCCCC/C=C/CCO. The molecule has 62 valence electrons. The van der Waals surface area contributed by atoms with Crippen LogP contribution < -0.4 is 0 Å². The molecule has 0 rings (SSSR count). The molecule has 0 fully saturated rings. The molecule has 0 amide bonds. The van der Waals surface area contributed by atoms with E-state index in [1.165, 1.54) is 0 Å². The summed E-state index contributed by atoms with van der Waals surface area (Å²) in [5.74, 6) is 2.61. The highest BCUT2D eigenvalue weighted by Gasteiger charge is 1.82. The smallest absolute Gasteiger partial charge is 0.0465 e. The van der Waals surface area contributed by atoms with Gasteiger partial charge in [-0.05, 0) is 25.7 Å². The van der Waals surface area contributed by atoms with Crippen LogP contribution in [0, 0.1) is 12.3 Å². The second-order valence-electron chi connectivity index (χ2n) is 2.43. The van der Waals surface area contributed by atoms with Crippen molar-refractivity contribution in [1.29, 1.82) is 0 Å². The Labute approximate surface area is 69.1 Å². The Morgan fingerprint density at radius 3 is 2.55 bits per heavy atom. The molecule has 0 radical (unpaired) electrons. The number of rotatable bonds is 6. The fourth-order valence-corrected chi connectivity index (χ4v) is 0.799. The van der Waals surface area contributed by atoms with Gasteiger partial charge < -0.3 is 5.11 Å². The van der Waals surface area contributed by atoms with Gasteiger partial charge in [0, 0.05) is 13.0 Å². The van der Waals surface area contributed by atoms with Crippen molar-refractivity contribution in [2.45, 2.75) is 32.1 Å². The van der Waals surface area contributed by atoms with E-state index in [4.69, 9.17) is 11.5 Å². The van der Waals surface area contributed by atoms with Crippen LogP contribution in [0.15, 0.2) is 12.2 Å². The van der Waals surface area contributed by atoms with E-state index in [-0.39, 0.29) is 6.61 Å². The van der Waals surface area contributed by atoms with Gasteiger partial charge >= 0.3 is 0 Å². The summed E-state index contributed by atoms with van der Waals surface area (Å²) in [4.78, 5) is 0. The molecule has 0 saturated heterocycles. The zero-order valence-electron chi connectivity index (χ0n) is 6.92. The number of hydrogen-bond donors (Lipinski definition) is 1. The third kappa shape index (κ3) is 9.26. The molecule has 0 unspecified atom stereocenters. The highest BCUT2D eigenvalue weighted by Crippen LogP contribution is 1.99. The van der Waals surface area contributed by atoms with Gasteiger partial charge in [0.25, 0.3) is 0 Å². The molecule has 1 N–H and O–H groups in total. The Kier molecular flexibility index (Phi) is 8.64. The third-order valence-corrected chi connectivity index (χ3v) is 1.40. The fourth-order valence-electron chi connectivity index (χ4n) is 0.799. The number of allylic oxidation sites excluding steroid dienone is 1. The first-order chi connectivity index (χ1) is 5.41. The van der Waals surface area contributed by atoms with Gasteiger partial charge in [-0.1, -0.05) is 12.2 Å². The van der Waals surface area contributed by atoms with E-state index in [0.717, 1.165) is 32.1 Å². The van der Waals surface area contributed by atoms with Crippen molar-refractivity contribution >= 4 is 0 Å². The second-order valence-corrected chi connectivity index (χ2v) is 2.43. The minimum absolute atomic E-state index is 0.251. The molecule has 0 aromatic carbocycles. The lowest BCUT2D eigenvalue weighted by Gasteiger charge is -1.90. The molecule has 0 aromatic heterocycles. The summed E-state index contributed by atoms with van der Waals surface area (Å²) < 4.78 is 0. The topological polar surface area (TPSA) is 20.2 Å². The average Bonchev–Trinajstić information content (AvgIpc) is 2.03. The molecule has 0 aliphatic rings. The van der Waals surface area contributed by atoms with Gasteiger partial charge in [0.05, 0.1) is 0 Å². The van der Waals surface area contributed by atoms with E-state index in [9.17, 15) is 0 Å². The summed E-state index contributed by atoms with van der Waals surface area (Å²) in [5.41, 5.74) is 0. The van der Waals surface area contributed by atoms with Crippen LogP contribution >= 0.6 is 0 Å². The molecule has 0 saturated carbocycles. The fraction of sp³-hybridized carbons (Fsp3) is 0.600. The van der Waals surface area contributed by atoms with Gasteiger partial charge in [0.15, 0.2) is 0 Å². The normalized spacial score (nSPS) is 10.2. The van der Waals surface area contributed by atoms with Gasteiger partial charge in [-0.2, -0.15) is 0 Å². The minimum atomic E-state index is 0.251. The average molecular weight is 152 g/mol. The summed E-state index contributed by atoms with van der Waals surface area (Å²) in [5, 5.41) is 8.43. The van der Waals surface area contributed by atoms with Crippen molar-refractivity contribution < 1.29 is 5.11 Å². The lowest BCUT2D eigenvalue weighted by molar-refractivity contribution is 0.302. The Morgan fingerprint density at radius 1 is 1.18 bits per heavy atom. The lowest BCUT2D eigenvalue weighted by atomic mass is 10.2. The van der Waals surface area contributed by atoms with Crippen LogP contribution in [0.2, 0.25) is 0 Å². The second kappa shape index (κ2) is 9.26. The maximum atomic E-state index is 8.43. The summed E-state index contributed by atoms with van der Waals surface area (Å²) >= 11 is 0. The predicted octanol–water partition coefficient (Wildman–Crippen LogP) is 2.12. The van der Waals surface area contributed by atoms with Crippen LogP contribution in [0.5, 0.6) is 0 Å². The molecule has 0 aliphatic heterocycles. The van der Waals surface area contributed by atoms with E-state index in [0.29, 0.717) is 0 Å². The highest BCUT2D eigenvalue weighted by atomic mass is 16.2. The number of terminal acetylenes is 1. The molecule has 1 nitrogen and oxygen atoms in total. The maximum Gasteiger partial charge on any atom is 0.0465 e. The van der Waals surface area contributed by atoms with Crippen molar-refractivity contribution in [3.05, 3.63) is 12.2 Å². The zero-order valence-corrected chi connectivity index (χ0v) is 6.92. The summed E-state index contributed by atoms with van der Waals surface area (Å²) in [6.07, 6.45) is 14.2. The van der Waals surface area contributed by atoms with E-state index in [1.807, 2.05) is 6.08 Å². The summed E-state index contributed by atoms with van der Waals surface area (Å²) in [6, 6.07) is 0. The molecule has 0 aliphatic carbocycles. The zero-order chi connectivity index (χ0) is 8.36. The van der Waals surface area contributed by atoms with Crippen molar-refractivity contribution in [1.82, 2.24) is 0 Å². The molecule has 0 bridgehead atoms. The van der Waals surface area contributed by atoms with Crippen molar-refractivity contribution in [3.8, 4) is 12.3 Å². The largest absolute Gasteiger partial charge is 0.396 e. The minimum Gasteiger partial charge on any atom is -0.396 e. The Morgan fingerprint density at radius 2 is 1.91 bits per heavy atom. The maximum absolute atomic E-state index is 8.43. The number of hydrogen-bond acceptors (Lipinski definition) is 1. The van der Waals surface area contributed by atoms with Gasteiger partial charge in [-0.25, -0.2) is 0 Å². The molecular weight excluding hydrogens is 136 g/mol. The molecule has 1 heteroatoms. The third-order valence-electron chi connectivity index (χ3n) is 1.40. The van der Waals surface area contributed by atoms with E-state index < -0.39 is 0 Å². The number of aliphatic hydroxyl groups is 1.